The van der Waals surface area contributed by atoms with Crippen LogP contribution in [0.15, 0.2) is 24.3 Å². The molecule has 0 atom stereocenters. The van der Waals surface area contributed by atoms with E-state index in [2.05, 4.69) is 4.90 Å². The fourth-order valence-electron chi connectivity index (χ4n) is 1.98. The summed E-state index contributed by atoms with van der Waals surface area (Å²) in [7, 11) is -2.90. The van der Waals surface area contributed by atoms with Gasteiger partial charge in [-0.2, -0.15) is 0 Å². The lowest BCUT2D eigenvalue weighted by Crippen LogP contribution is -2.29. The Kier molecular flexibility index (Phi) is 6.31. The molecule has 0 unspecified atom stereocenters. The molecule has 0 spiro atoms. The number of hydrogen-bond donors (Lipinski definition) is 1. The molecule has 4 nitrogen and oxygen atoms in total. The second-order valence-electron chi connectivity index (χ2n) is 4.77. The average molecular weight is 284 g/mol. The van der Waals surface area contributed by atoms with Crippen LogP contribution >= 0.6 is 0 Å². The van der Waals surface area contributed by atoms with E-state index in [1.165, 1.54) is 0 Å². The van der Waals surface area contributed by atoms with E-state index >= 15 is 0 Å². The minimum absolute atomic E-state index is 0.233. The Morgan fingerprint density at radius 1 is 1.21 bits per heavy atom. The molecule has 0 fully saturated rings. The number of hydrogen-bond acceptors (Lipinski definition) is 4. The molecule has 0 heterocycles. The summed E-state index contributed by atoms with van der Waals surface area (Å²) >= 11 is 0. The van der Waals surface area contributed by atoms with E-state index in [1.54, 1.807) is 0 Å². The van der Waals surface area contributed by atoms with Crippen molar-refractivity contribution in [1.82, 2.24) is 4.90 Å². The number of nitrogens with zero attached hydrogens (tertiary/aromatic N) is 1. The van der Waals surface area contributed by atoms with Gasteiger partial charge in [-0.05, 0) is 30.7 Å². The summed E-state index contributed by atoms with van der Waals surface area (Å²) in [6, 6.07) is 7.72. The minimum Gasteiger partial charge on any atom is -0.399 e. The normalized spacial score (nSPS) is 11.9. The number of nitrogens with two attached hydrogens (primary N) is 1. The fraction of sp³-hybridized carbons (Fsp3) is 0.571. The summed E-state index contributed by atoms with van der Waals surface area (Å²) in [6.45, 7) is 6.08. The van der Waals surface area contributed by atoms with Crippen molar-refractivity contribution in [2.45, 2.75) is 26.8 Å². The van der Waals surface area contributed by atoms with E-state index in [0.717, 1.165) is 24.3 Å². The molecule has 0 aromatic heterocycles. The number of benzene rings is 1. The highest BCUT2D eigenvalue weighted by Gasteiger charge is 2.12. The second kappa shape index (κ2) is 7.50. The van der Waals surface area contributed by atoms with Crippen molar-refractivity contribution in [1.29, 1.82) is 0 Å². The molecule has 0 aliphatic carbocycles. The molecule has 2 N–H and O–H groups in total. The molecule has 0 aliphatic heterocycles. The van der Waals surface area contributed by atoms with E-state index in [4.69, 9.17) is 5.73 Å². The molecule has 1 aromatic rings. The van der Waals surface area contributed by atoms with Crippen molar-refractivity contribution in [3.8, 4) is 0 Å². The summed E-state index contributed by atoms with van der Waals surface area (Å²) in [6.07, 6.45) is 0.684. The van der Waals surface area contributed by atoms with Crippen LogP contribution < -0.4 is 5.73 Å². The van der Waals surface area contributed by atoms with E-state index in [9.17, 15) is 8.42 Å². The Morgan fingerprint density at radius 2 is 1.95 bits per heavy atom. The molecule has 19 heavy (non-hydrogen) atoms. The van der Waals surface area contributed by atoms with Gasteiger partial charge in [0.05, 0.1) is 5.75 Å². The van der Waals surface area contributed by atoms with Crippen LogP contribution in [0.5, 0.6) is 0 Å². The van der Waals surface area contributed by atoms with E-state index in [0.29, 0.717) is 13.0 Å². The Labute approximate surface area is 116 Å². The molecule has 0 saturated carbocycles. The van der Waals surface area contributed by atoms with Crippen LogP contribution in [0.3, 0.4) is 0 Å². The third-order valence-corrected chi connectivity index (χ3v) is 4.87. The monoisotopic (exact) mass is 284 g/mol. The van der Waals surface area contributed by atoms with Gasteiger partial charge in [-0.25, -0.2) is 8.42 Å². The maximum Gasteiger partial charge on any atom is 0.151 e. The zero-order valence-corrected chi connectivity index (χ0v) is 12.6. The van der Waals surface area contributed by atoms with Crippen LogP contribution in [0.1, 0.15) is 25.8 Å². The van der Waals surface area contributed by atoms with Crippen molar-refractivity contribution in [3.05, 3.63) is 29.8 Å². The summed E-state index contributed by atoms with van der Waals surface area (Å²) < 4.78 is 23.4. The van der Waals surface area contributed by atoms with Crippen molar-refractivity contribution in [2.24, 2.45) is 0 Å². The molecule has 0 bridgehead atoms. The number of sulfone groups is 1. The quantitative estimate of drug-likeness (QED) is 0.741. The molecule has 1 rings (SSSR count). The van der Waals surface area contributed by atoms with Gasteiger partial charge in [-0.1, -0.05) is 26.0 Å². The summed E-state index contributed by atoms with van der Waals surface area (Å²) in [5, 5.41) is 0. The Morgan fingerprint density at radius 3 is 2.53 bits per heavy atom. The van der Waals surface area contributed by atoms with Crippen LogP contribution in [-0.2, 0) is 16.4 Å². The van der Waals surface area contributed by atoms with Gasteiger partial charge < -0.3 is 5.73 Å². The molecule has 0 amide bonds. The molecule has 0 aliphatic rings. The third kappa shape index (κ3) is 6.07. The smallest absolute Gasteiger partial charge is 0.151 e. The molecule has 0 saturated heterocycles. The van der Waals surface area contributed by atoms with Gasteiger partial charge >= 0.3 is 0 Å². The zero-order chi connectivity index (χ0) is 14.3. The lowest BCUT2D eigenvalue weighted by atomic mass is 10.2. The highest BCUT2D eigenvalue weighted by molar-refractivity contribution is 7.91. The zero-order valence-electron chi connectivity index (χ0n) is 11.8. The first-order chi connectivity index (χ1) is 8.96. The van der Waals surface area contributed by atoms with Gasteiger partial charge in [0.15, 0.2) is 9.84 Å². The molecule has 5 heteroatoms. The van der Waals surface area contributed by atoms with Crippen LogP contribution in [0.4, 0.5) is 5.69 Å². The molecule has 0 radical (unpaired) electrons. The predicted molar refractivity (Wildman–Crippen MR) is 80.8 cm³/mol. The SMILES string of the molecule is CCCS(=O)(=O)CCN(CC)Cc1cccc(N)c1. The maximum absolute atomic E-state index is 11.7. The minimum atomic E-state index is -2.90. The summed E-state index contributed by atoms with van der Waals surface area (Å²) in [4.78, 5) is 2.13. The van der Waals surface area contributed by atoms with Crippen LogP contribution in [-0.4, -0.2) is 37.9 Å². The second-order valence-corrected chi connectivity index (χ2v) is 7.07. The lowest BCUT2D eigenvalue weighted by molar-refractivity contribution is 0.296. The highest BCUT2D eigenvalue weighted by atomic mass is 32.2. The fourth-order valence-corrected chi connectivity index (χ4v) is 3.34. The standard InChI is InChI=1S/C14H24N2O2S/c1-3-9-19(17,18)10-8-16(4-2)12-13-6-5-7-14(15)11-13/h5-7,11H,3-4,8-10,12,15H2,1-2H3. The van der Waals surface area contributed by atoms with Gasteiger partial charge in [-0.3, -0.25) is 4.90 Å². The lowest BCUT2D eigenvalue weighted by Gasteiger charge is -2.20. The first-order valence-electron chi connectivity index (χ1n) is 6.74. The highest BCUT2D eigenvalue weighted by Crippen LogP contribution is 2.09. The summed E-state index contributed by atoms with van der Waals surface area (Å²) in [5.74, 6) is 0.514. The van der Waals surface area contributed by atoms with Gasteiger partial charge in [0.1, 0.15) is 0 Å². The number of anilines is 1. The van der Waals surface area contributed by atoms with Crippen molar-refractivity contribution < 1.29 is 8.42 Å². The topological polar surface area (TPSA) is 63.4 Å². The maximum atomic E-state index is 11.7. The van der Waals surface area contributed by atoms with Crippen LogP contribution in [0, 0.1) is 0 Å². The number of rotatable bonds is 8. The summed E-state index contributed by atoms with van der Waals surface area (Å²) in [5.41, 5.74) is 7.61. The molecule has 108 valence electrons. The predicted octanol–water partition coefficient (Wildman–Crippen LogP) is 1.92. The van der Waals surface area contributed by atoms with Gasteiger partial charge in [0, 0.05) is 24.5 Å². The molecular formula is C14H24N2O2S. The van der Waals surface area contributed by atoms with Crippen LogP contribution in [0.2, 0.25) is 0 Å². The first kappa shape index (κ1) is 16.0. The Balaban J connectivity index is 2.55. The van der Waals surface area contributed by atoms with Crippen molar-refractivity contribution in [3.63, 3.8) is 0 Å². The molecule has 1 aromatic carbocycles. The third-order valence-electron chi connectivity index (χ3n) is 3.04. The van der Waals surface area contributed by atoms with E-state index < -0.39 is 9.84 Å². The van der Waals surface area contributed by atoms with Crippen molar-refractivity contribution in [2.75, 3.05) is 30.3 Å². The van der Waals surface area contributed by atoms with Crippen molar-refractivity contribution >= 4 is 15.5 Å². The van der Waals surface area contributed by atoms with Gasteiger partial charge in [-0.15, -0.1) is 0 Å². The largest absolute Gasteiger partial charge is 0.399 e. The Hall–Kier alpha value is -1.07. The van der Waals surface area contributed by atoms with Gasteiger partial charge in [0.25, 0.3) is 0 Å². The Bertz CT molecular complexity index is 486. The molecular weight excluding hydrogens is 260 g/mol. The average Bonchev–Trinajstić information content (AvgIpc) is 2.34. The van der Waals surface area contributed by atoms with Crippen LogP contribution in [0.25, 0.3) is 0 Å². The number of nitrogen functional groups attached to an aromatic ring is 1. The van der Waals surface area contributed by atoms with E-state index in [1.807, 2.05) is 38.1 Å². The first-order valence-corrected chi connectivity index (χ1v) is 8.56. The van der Waals surface area contributed by atoms with E-state index in [-0.39, 0.29) is 11.5 Å². The van der Waals surface area contributed by atoms with Gasteiger partial charge in [0.2, 0.25) is 0 Å².